The molecule has 0 rings (SSSR count). The molecule has 4 nitrogen and oxygen atoms in total. The predicted molar refractivity (Wildman–Crippen MR) is 38.3 cm³/mol. The quantitative estimate of drug-likeness (QED) is 0.468. The van der Waals surface area contributed by atoms with Crippen LogP contribution >= 0.6 is 0 Å². The molecule has 0 heterocycles. The Morgan fingerprint density at radius 3 is 2.50 bits per heavy atom. The molecular formula is C6H14N2O2. The van der Waals surface area contributed by atoms with Crippen molar-refractivity contribution in [2.45, 2.75) is 26.0 Å². The highest BCUT2D eigenvalue weighted by Gasteiger charge is 2.07. The van der Waals surface area contributed by atoms with E-state index in [2.05, 4.69) is 5.32 Å². The molecule has 0 bridgehead atoms. The second-order valence-corrected chi connectivity index (χ2v) is 2.38. The van der Waals surface area contributed by atoms with E-state index < -0.39 is 12.0 Å². The van der Waals surface area contributed by atoms with Gasteiger partial charge in [-0.15, -0.1) is 0 Å². The van der Waals surface area contributed by atoms with E-state index >= 15 is 0 Å². The first kappa shape index (κ1) is 9.39. The lowest BCUT2D eigenvalue weighted by molar-refractivity contribution is -0.119. The molecule has 0 saturated carbocycles. The lowest BCUT2D eigenvalue weighted by atomic mass is 10.3. The monoisotopic (exact) mass is 146 g/mol. The molecule has 1 amide bonds. The van der Waals surface area contributed by atoms with Crippen LogP contribution in [0.2, 0.25) is 0 Å². The number of nitrogens with two attached hydrogens (primary N) is 1. The van der Waals surface area contributed by atoms with Gasteiger partial charge >= 0.3 is 0 Å². The average molecular weight is 146 g/mol. The van der Waals surface area contributed by atoms with Crippen molar-refractivity contribution in [1.82, 2.24) is 5.32 Å². The Morgan fingerprint density at radius 1 is 1.70 bits per heavy atom. The molecule has 1 unspecified atom stereocenters. The molecule has 10 heavy (non-hydrogen) atoms. The van der Waals surface area contributed by atoms with Gasteiger partial charge in [-0.25, -0.2) is 0 Å². The number of aliphatic hydroxyl groups is 1. The van der Waals surface area contributed by atoms with Crippen molar-refractivity contribution in [3.8, 4) is 0 Å². The fourth-order valence-electron chi connectivity index (χ4n) is 0.448. The Labute approximate surface area is 60.4 Å². The van der Waals surface area contributed by atoms with Crippen LogP contribution in [0.5, 0.6) is 0 Å². The van der Waals surface area contributed by atoms with Crippen LogP contribution < -0.4 is 11.1 Å². The minimum Gasteiger partial charge on any atom is -0.392 e. The SMILES string of the molecule is CC(O)CN[C@H](C)C(N)=O. The Kier molecular flexibility index (Phi) is 3.99. The van der Waals surface area contributed by atoms with E-state index in [4.69, 9.17) is 10.8 Å². The summed E-state index contributed by atoms with van der Waals surface area (Å²) in [5, 5.41) is 11.5. The molecule has 0 aliphatic heterocycles. The molecule has 0 aromatic carbocycles. The fourth-order valence-corrected chi connectivity index (χ4v) is 0.448. The van der Waals surface area contributed by atoms with Gasteiger partial charge in [0, 0.05) is 6.54 Å². The third kappa shape index (κ3) is 4.29. The van der Waals surface area contributed by atoms with Crippen molar-refractivity contribution >= 4 is 5.91 Å². The van der Waals surface area contributed by atoms with Gasteiger partial charge in [0.05, 0.1) is 12.1 Å². The number of primary amides is 1. The Bertz CT molecular complexity index is 114. The zero-order chi connectivity index (χ0) is 8.15. The molecule has 0 fully saturated rings. The highest BCUT2D eigenvalue weighted by molar-refractivity contribution is 5.79. The van der Waals surface area contributed by atoms with E-state index in [-0.39, 0.29) is 6.04 Å². The Balaban J connectivity index is 3.40. The number of amides is 1. The second kappa shape index (κ2) is 4.24. The molecule has 4 heteroatoms. The highest BCUT2D eigenvalue weighted by atomic mass is 16.3. The number of carbonyl (C=O) groups excluding carboxylic acids is 1. The lowest BCUT2D eigenvalue weighted by Crippen LogP contribution is -2.41. The smallest absolute Gasteiger partial charge is 0.234 e. The Morgan fingerprint density at radius 2 is 2.20 bits per heavy atom. The highest BCUT2D eigenvalue weighted by Crippen LogP contribution is 1.80. The number of hydrogen-bond donors (Lipinski definition) is 3. The van der Waals surface area contributed by atoms with Gasteiger partial charge in [0.1, 0.15) is 0 Å². The van der Waals surface area contributed by atoms with Crippen molar-refractivity contribution in [3.63, 3.8) is 0 Å². The first-order valence-electron chi connectivity index (χ1n) is 3.24. The number of rotatable bonds is 4. The summed E-state index contributed by atoms with van der Waals surface area (Å²) in [5.41, 5.74) is 4.94. The molecule has 0 saturated heterocycles. The van der Waals surface area contributed by atoms with E-state index in [1.807, 2.05) is 0 Å². The standard InChI is InChI=1S/C6H14N2O2/c1-4(9)3-8-5(2)6(7)10/h4-5,8-9H,3H2,1-2H3,(H2,7,10)/t4?,5-/m1/s1. The van der Waals surface area contributed by atoms with Crippen LogP contribution in [0.3, 0.4) is 0 Å². The minimum absolute atomic E-state index is 0.366. The molecule has 2 atom stereocenters. The Hall–Kier alpha value is -0.610. The zero-order valence-electron chi connectivity index (χ0n) is 6.29. The zero-order valence-corrected chi connectivity index (χ0v) is 6.29. The van der Waals surface area contributed by atoms with Crippen LogP contribution in [-0.4, -0.2) is 29.7 Å². The molecule has 0 aromatic heterocycles. The first-order chi connectivity index (χ1) is 4.54. The van der Waals surface area contributed by atoms with Gasteiger partial charge in [-0.05, 0) is 13.8 Å². The maximum Gasteiger partial charge on any atom is 0.234 e. The van der Waals surface area contributed by atoms with Gasteiger partial charge in [-0.2, -0.15) is 0 Å². The third-order valence-corrected chi connectivity index (χ3v) is 1.15. The summed E-state index contributed by atoms with van der Waals surface area (Å²) >= 11 is 0. The summed E-state index contributed by atoms with van der Waals surface area (Å²) in [7, 11) is 0. The van der Waals surface area contributed by atoms with E-state index in [1.165, 1.54) is 0 Å². The van der Waals surface area contributed by atoms with Crippen molar-refractivity contribution in [2.24, 2.45) is 5.73 Å². The minimum atomic E-state index is -0.443. The summed E-state index contributed by atoms with van der Waals surface area (Å²) in [4.78, 5) is 10.4. The second-order valence-electron chi connectivity index (χ2n) is 2.38. The molecule has 4 N–H and O–H groups in total. The van der Waals surface area contributed by atoms with Gasteiger partial charge in [-0.3, -0.25) is 4.79 Å². The predicted octanol–water partition coefficient (Wildman–Crippen LogP) is -1.17. The summed E-state index contributed by atoms with van der Waals surface area (Å²) in [6.45, 7) is 3.69. The van der Waals surface area contributed by atoms with Crippen molar-refractivity contribution in [2.75, 3.05) is 6.54 Å². The van der Waals surface area contributed by atoms with E-state index in [1.54, 1.807) is 13.8 Å². The van der Waals surface area contributed by atoms with Crippen molar-refractivity contribution in [1.29, 1.82) is 0 Å². The van der Waals surface area contributed by atoms with Gasteiger partial charge < -0.3 is 16.2 Å². The number of nitrogens with one attached hydrogen (secondary N) is 1. The summed E-state index contributed by atoms with van der Waals surface area (Å²) < 4.78 is 0. The molecule has 60 valence electrons. The van der Waals surface area contributed by atoms with Crippen LogP contribution in [0, 0.1) is 0 Å². The van der Waals surface area contributed by atoms with E-state index in [0.717, 1.165) is 0 Å². The summed E-state index contributed by atoms with van der Waals surface area (Å²) in [6, 6.07) is -0.366. The molecular weight excluding hydrogens is 132 g/mol. The number of hydrogen-bond acceptors (Lipinski definition) is 3. The van der Waals surface area contributed by atoms with E-state index in [0.29, 0.717) is 6.54 Å². The maximum atomic E-state index is 10.4. The molecule has 0 aliphatic carbocycles. The lowest BCUT2D eigenvalue weighted by Gasteiger charge is -2.10. The van der Waals surface area contributed by atoms with Crippen LogP contribution in [0.15, 0.2) is 0 Å². The topological polar surface area (TPSA) is 75.3 Å². The van der Waals surface area contributed by atoms with Gasteiger partial charge in [0.25, 0.3) is 0 Å². The van der Waals surface area contributed by atoms with Gasteiger partial charge in [-0.1, -0.05) is 0 Å². The van der Waals surface area contributed by atoms with Crippen LogP contribution in [0.25, 0.3) is 0 Å². The largest absolute Gasteiger partial charge is 0.392 e. The fraction of sp³-hybridized carbons (Fsp3) is 0.833. The first-order valence-corrected chi connectivity index (χ1v) is 3.24. The molecule has 0 aromatic rings. The van der Waals surface area contributed by atoms with Crippen LogP contribution in [0.4, 0.5) is 0 Å². The van der Waals surface area contributed by atoms with Crippen LogP contribution in [0.1, 0.15) is 13.8 Å². The summed E-state index contributed by atoms with van der Waals surface area (Å²) in [5.74, 6) is -0.402. The van der Waals surface area contributed by atoms with E-state index in [9.17, 15) is 4.79 Å². The number of aliphatic hydroxyl groups excluding tert-OH is 1. The van der Waals surface area contributed by atoms with Crippen molar-refractivity contribution in [3.05, 3.63) is 0 Å². The van der Waals surface area contributed by atoms with Crippen molar-refractivity contribution < 1.29 is 9.90 Å². The summed E-state index contributed by atoms with van der Waals surface area (Å²) in [6.07, 6.45) is -0.443. The molecule has 0 radical (unpaired) electrons. The van der Waals surface area contributed by atoms with Gasteiger partial charge in [0.15, 0.2) is 0 Å². The molecule has 0 spiro atoms. The third-order valence-electron chi connectivity index (χ3n) is 1.15. The van der Waals surface area contributed by atoms with Gasteiger partial charge in [0.2, 0.25) is 5.91 Å². The number of carbonyl (C=O) groups is 1. The van der Waals surface area contributed by atoms with Crippen LogP contribution in [-0.2, 0) is 4.79 Å². The average Bonchev–Trinajstić information content (AvgIpc) is 1.82. The molecule has 0 aliphatic rings. The normalized spacial score (nSPS) is 16.3. The maximum absolute atomic E-state index is 10.4.